The third-order valence-corrected chi connectivity index (χ3v) is 6.15. The Morgan fingerprint density at radius 2 is 1.82 bits per heavy atom. The number of nitrogens with zero attached hydrogens (tertiary/aromatic N) is 4. The van der Waals surface area contributed by atoms with Crippen molar-refractivity contribution in [2.45, 2.75) is 19.8 Å². The fraction of sp³-hybridized carbons (Fsp3) is 0.208. The zero-order valence-corrected chi connectivity index (χ0v) is 18.7. The van der Waals surface area contributed by atoms with Crippen molar-refractivity contribution in [1.82, 2.24) is 14.6 Å². The normalized spacial score (nSPS) is 13.6. The molecule has 1 saturated heterocycles. The van der Waals surface area contributed by atoms with Crippen molar-refractivity contribution < 1.29 is 14.6 Å². The van der Waals surface area contributed by atoms with Crippen LogP contribution in [0.5, 0.6) is 11.8 Å². The Labute approximate surface area is 195 Å². The van der Waals surface area contributed by atoms with E-state index in [9.17, 15) is 9.90 Å². The molecule has 0 saturated carbocycles. The van der Waals surface area contributed by atoms with Crippen LogP contribution in [0, 0.1) is 6.92 Å². The van der Waals surface area contributed by atoms with E-state index in [1.807, 2.05) is 12.1 Å². The number of imidazole rings is 1. The Balaban J connectivity index is 1.47. The first-order valence-electron chi connectivity index (χ1n) is 10.6. The number of hydrogen-bond donors (Lipinski definition) is 2. The first-order valence-corrected chi connectivity index (χ1v) is 11.0. The number of aromatic carboxylic acids is 1. The van der Waals surface area contributed by atoms with Crippen molar-refractivity contribution in [3.8, 4) is 23.0 Å². The largest absolute Gasteiger partial charge is 0.478 e. The number of nitrogens with two attached hydrogens (primary N) is 1. The molecule has 0 unspecified atom stereocenters. The van der Waals surface area contributed by atoms with Crippen LogP contribution in [-0.4, -0.2) is 38.8 Å². The van der Waals surface area contributed by atoms with Gasteiger partial charge in [-0.2, -0.15) is 4.98 Å². The highest BCUT2D eigenvalue weighted by atomic mass is 35.5. The lowest BCUT2D eigenvalue weighted by atomic mass is 10.1. The zero-order chi connectivity index (χ0) is 23.1. The summed E-state index contributed by atoms with van der Waals surface area (Å²) in [7, 11) is 0. The minimum atomic E-state index is -1.03. The van der Waals surface area contributed by atoms with E-state index >= 15 is 0 Å². The van der Waals surface area contributed by atoms with Crippen LogP contribution in [0.1, 0.15) is 28.8 Å². The predicted molar refractivity (Wildman–Crippen MR) is 128 cm³/mol. The van der Waals surface area contributed by atoms with Gasteiger partial charge in [-0.15, -0.1) is 0 Å². The molecule has 0 aliphatic carbocycles. The number of hydrogen-bond acceptors (Lipinski definition) is 6. The molecule has 0 amide bonds. The minimum absolute atomic E-state index is 0.0790. The lowest BCUT2D eigenvalue weighted by molar-refractivity contribution is 0.0695. The van der Waals surface area contributed by atoms with Gasteiger partial charge in [-0.25, -0.2) is 14.5 Å². The second-order valence-corrected chi connectivity index (χ2v) is 8.46. The molecule has 168 valence electrons. The Kier molecular flexibility index (Phi) is 5.30. The van der Waals surface area contributed by atoms with Gasteiger partial charge in [0.05, 0.1) is 16.3 Å². The van der Waals surface area contributed by atoms with Gasteiger partial charge in [-0.3, -0.25) is 0 Å². The highest BCUT2D eigenvalue weighted by Gasteiger charge is 2.18. The average molecular weight is 464 g/mol. The van der Waals surface area contributed by atoms with Crippen LogP contribution in [0.25, 0.3) is 22.4 Å². The second kappa shape index (κ2) is 8.29. The monoisotopic (exact) mass is 463 g/mol. The van der Waals surface area contributed by atoms with Crippen molar-refractivity contribution in [1.29, 1.82) is 0 Å². The quantitative estimate of drug-likeness (QED) is 0.407. The smallest absolute Gasteiger partial charge is 0.336 e. The number of fused-ring (bicyclic) bond motifs is 1. The molecule has 2 aromatic carbocycles. The number of aromatic nitrogens is 3. The molecule has 8 nitrogen and oxygen atoms in total. The number of nitrogen functional groups attached to an aromatic ring is 1. The van der Waals surface area contributed by atoms with Crippen LogP contribution in [0.15, 0.2) is 48.5 Å². The number of carboxylic acids is 1. The van der Waals surface area contributed by atoms with Crippen LogP contribution in [0.4, 0.5) is 5.69 Å². The van der Waals surface area contributed by atoms with E-state index in [4.69, 9.17) is 22.2 Å². The van der Waals surface area contributed by atoms with Gasteiger partial charge in [0.2, 0.25) is 0 Å². The highest BCUT2D eigenvalue weighted by Crippen LogP contribution is 2.33. The maximum Gasteiger partial charge on any atom is 0.336 e. The summed E-state index contributed by atoms with van der Waals surface area (Å²) in [5.41, 5.74) is 4.32. The maximum atomic E-state index is 11.4. The molecule has 2 aromatic heterocycles. The third-order valence-electron chi connectivity index (χ3n) is 5.86. The summed E-state index contributed by atoms with van der Waals surface area (Å²) in [5.74, 6) is 5.45. The number of pyridine rings is 1. The van der Waals surface area contributed by atoms with Gasteiger partial charge in [0, 0.05) is 24.3 Å². The maximum absolute atomic E-state index is 11.4. The summed E-state index contributed by atoms with van der Waals surface area (Å²) in [6.45, 7) is 3.88. The number of anilines is 1. The second-order valence-electron chi connectivity index (χ2n) is 8.05. The number of rotatable bonds is 5. The van der Waals surface area contributed by atoms with Crippen molar-refractivity contribution in [2.24, 2.45) is 0 Å². The SMILES string of the molecule is Cc1ccc(Oc2nc3nc(-c4ccc(N5CCCC5)cc4)c(Cl)cc3n2N)cc1C(=O)O. The Morgan fingerprint density at radius 3 is 2.52 bits per heavy atom. The van der Waals surface area contributed by atoms with Crippen molar-refractivity contribution in [3.05, 3.63) is 64.7 Å². The fourth-order valence-corrected chi connectivity index (χ4v) is 4.31. The van der Waals surface area contributed by atoms with Gasteiger partial charge in [0.1, 0.15) is 11.3 Å². The van der Waals surface area contributed by atoms with E-state index in [1.165, 1.54) is 29.3 Å². The van der Waals surface area contributed by atoms with Crippen LogP contribution in [0.3, 0.4) is 0 Å². The minimum Gasteiger partial charge on any atom is -0.478 e. The molecule has 3 heterocycles. The Bertz CT molecular complexity index is 1360. The summed E-state index contributed by atoms with van der Waals surface area (Å²) >= 11 is 6.54. The number of carbonyl (C=O) groups is 1. The van der Waals surface area contributed by atoms with Gasteiger partial charge < -0.3 is 20.6 Å². The lowest BCUT2D eigenvalue weighted by Gasteiger charge is -2.17. The first-order chi connectivity index (χ1) is 15.9. The molecule has 5 rings (SSSR count). The van der Waals surface area contributed by atoms with Crippen LogP contribution < -0.4 is 15.5 Å². The third kappa shape index (κ3) is 3.93. The highest BCUT2D eigenvalue weighted by molar-refractivity contribution is 6.33. The average Bonchev–Trinajstić information content (AvgIpc) is 3.44. The molecule has 0 radical (unpaired) electrons. The van der Waals surface area contributed by atoms with Crippen molar-refractivity contribution >= 4 is 34.4 Å². The standard InChI is InChI=1S/C24H22ClN5O3/c1-14-4-9-17(12-18(14)23(31)32)33-24-28-22-20(30(24)26)13-19(25)21(27-22)15-5-7-16(8-6-15)29-10-2-3-11-29/h4-9,12-13H,2-3,10-11,26H2,1H3,(H,31,32). The number of aryl methyl sites for hydroxylation is 1. The Morgan fingerprint density at radius 1 is 1.09 bits per heavy atom. The van der Waals surface area contributed by atoms with Crippen molar-refractivity contribution in [3.63, 3.8) is 0 Å². The van der Waals surface area contributed by atoms with Crippen molar-refractivity contribution in [2.75, 3.05) is 23.8 Å². The zero-order valence-electron chi connectivity index (χ0n) is 18.0. The topological polar surface area (TPSA) is 107 Å². The number of ether oxygens (including phenoxy) is 1. The van der Waals surface area contributed by atoms with E-state index < -0.39 is 5.97 Å². The van der Waals surface area contributed by atoms with Crippen LogP contribution >= 0.6 is 11.6 Å². The lowest BCUT2D eigenvalue weighted by Crippen LogP contribution is -2.17. The molecule has 0 bridgehead atoms. The first kappa shape index (κ1) is 21.1. The van der Waals surface area contributed by atoms with Crippen LogP contribution in [-0.2, 0) is 0 Å². The summed E-state index contributed by atoms with van der Waals surface area (Å²) < 4.78 is 7.02. The summed E-state index contributed by atoms with van der Waals surface area (Å²) in [5, 5.41) is 9.79. The molecule has 1 aliphatic rings. The molecule has 0 atom stereocenters. The molecule has 1 fully saturated rings. The summed E-state index contributed by atoms with van der Waals surface area (Å²) in [6, 6.07) is 14.7. The van der Waals surface area contributed by atoms with Gasteiger partial charge >= 0.3 is 12.0 Å². The van der Waals surface area contributed by atoms with E-state index in [1.54, 1.807) is 25.1 Å². The number of carboxylic acid groups (broad SMARTS) is 1. The molecule has 9 heteroatoms. The molecule has 1 aliphatic heterocycles. The van der Waals surface area contributed by atoms with E-state index in [-0.39, 0.29) is 11.6 Å². The predicted octanol–water partition coefficient (Wildman–Crippen LogP) is 4.86. The molecular weight excluding hydrogens is 442 g/mol. The molecular formula is C24H22ClN5O3. The van der Waals surface area contributed by atoms with Crippen LogP contribution in [0.2, 0.25) is 5.02 Å². The molecule has 4 aromatic rings. The molecule has 3 N–H and O–H groups in total. The molecule has 33 heavy (non-hydrogen) atoms. The van der Waals surface area contributed by atoms with Gasteiger partial charge in [0.15, 0.2) is 5.65 Å². The van der Waals surface area contributed by atoms with Gasteiger partial charge in [-0.05, 0) is 55.7 Å². The van der Waals surface area contributed by atoms with Gasteiger partial charge in [0.25, 0.3) is 0 Å². The number of halogens is 1. The fourth-order valence-electron chi connectivity index (χ4n) is 4.06. The van der Waals surface area contributed by atoms with E-state index in [2.05, 4.69) is 27.0 Å². The summed E-state index contributed by atoms with van der Waals surface area (Å²) in [6.07, 6.45) is 2.44. The Hall–Kier alpha value is -3.78. The van der Waals surface area contributed by atoms with E-state index in [0.717, 1.165) is 18.7 Å². The summed E-state index contributed by atoms with van der Waals surface area (Å²) in [4.78, 5) is 22.8. The van der Waals surface area contributed by atoms with Gasteiger partial charge in [-0.1, -0.05) is 29.8 Å². The van der Waals surface area contributed by atoms with E-state index in [0.29, 0.717) is 33.2 Å². The number of benzene rings is 2. The molecule has 0 spiro atoms.